The van der Waals surface area contributed by atoms with Gasteiger partial charge in [-0.15, -0.1) is 0 Å². The van der Waals surface area contributed by atoms with Crippen LogP contribution in [0.1, 0.15) is 13.8 Å². The van der Waals surface area contributed by atoms with Gasteiger partial charge in [0.1, 0.15) is 12.1 Å². The van der Waals surface area contributed by atoms with Crippen LogP contribution in [0.15, 0.2) is 0 Å². The van der Waals surface area contributed by atoms with E-state index in [1.165, 1.54) is 13.8 Å². The van der Waals surface area contributed by atoms with Crippen molar-refractivity contribution < 1.29 is 14.3 Å². The molecule has 5 nitrogen and oxygen atoms in total. The number of hydrogen-bond acceptors (Lipinski definition) is 4. The summed E-state index contributed by atoms with van der Waals surface area (Å²) in [6, 6.07) is -0.932. The predicted molar refractivity (Wildman–Crippen MR) is 38.4 cm³/mol. The van der Waals surface area contributed by atoms with Crippen LogP contribution in [0.4, 0.5) is 0 Å². The molecule has 0 heterocycles. The van der Waals surface area contributed by atoms with Crippen molar-refractivity contribution in [1.82, 2.24) is 0 Å². The highest BCUT2D eigenvalue weighted by atomic mass is 16.5. The lowest BCUT2D eigenvalue weighted by Gasteiger charge is -2.15. The van der Waals surface area contributed by atoms with Crippen LogP contribution < -0.4 is 11.5 Å². The lowest BCUT2D eigenvalue weighted by molar-refractivity contribution is -0.147. The van der Waals surface area contributed by atoms with Gasteiger partial charge in [-0.05, 0) is 6.92 Å². The van der Waals surface area contributed by atoms with Crippen molar-refractivity contribution in [2.45, 2.75) is 26.0 Å². The molecule has 0 fully saturated rings. The van der Waals surface area contributed by atoms with Gasteiger partial charge in [0.2, 0.25) is 5.91 Å². The zero-order chi connectivity index (χ0) is 9.02. The molecule has 2 unspecified atom stereocenters. The summed E-state index contributed by atoms with van der Waals surface area (Å²) in [5.74, 6) is -1.16. The molecule has 0 aliphatic heterocycles. The van der Waals surface area contributed by atoms with E-state index in [9.17, 15) is 9.59 Å². The molecule has 0 aromatic rings. The van der Waals surface area contributed by atoms with Crippen LogP contribution in [0.3, 0.4) is 0 Å². The van der Waals surface area contributed by atoms with Crippen LogP contribution in [0.5, 0.6) is 0 Å². The monoisotopic (exact) mass is 160 g/mol. The van der Waals surface area contributed by atoms with Crippen LogP contribution in [0.2, 0.25) is 0 Å². The minimum Gasteiger partial charge on any atom is -0.461 e. The first kappa shape index (κ1) is 9.90. The average molecular weight is 160 g/mol. The second-order valence-electron chi connectivity index (χ2n) is 2.24. The van der Waals surface area contributed by atoms with Crippen molar-refractivity contribution in [3.8, 4) is 0 Å². The number of carbonyl (C=O) groups is 2. The molecule has 0 spiro atoms. The molecule has 64 valence electrons. The maximum Gasteiger partial charge on any atom is 0.302 e. The number of primary amides is 1. The Kier molecular flexibility index (Phi) is 3.53. The lowest BCUT2D eigenvalue weighted by atomic mass is 10.2. The summed E-state index contributed by atoms with van der Waals surface area (Å²) in [5, 5.41) is 0. The van der Waals surface area contributed by atoms with Crippen molar-refractivity contribution in [1.29, 1.82) is 0 Å². The van der Waals surface area contributed by atoms with Crippen LogP contribution in [0, 0.1) is 0 Å². The fraction of sp³-hybridized carbons (Fsp3) is 0.667. The van der Waals surface area contributed by atoms with Crippen molar-refractivity contribution in [2.75, 3.05) is 0 Å². The zero-order valence-corrected chi connectivity index (χ0v) is 6.53. The molecule has 0 saturated heterocycles. The second kappa shape index (κ2) is 3.92. The topological polar surface area (TPSA) is 95.4 Å². The van der Waals surface area contributed by atoms with E-state index in [1.54, 1.807) is 0 Å². The van der Waals surface area contributed by atoms with Crippen molar-refractivity contribution in [3.05, 3.63) is 0 Å². The molecular formula is C6H12N2O3. The van der Waals surface area contributed by atoms with Gasteiger partial charge in [0, 0.05) is 6.92 Å². The summed E-state index contributed by atoms with van der Waals surface area (Å²) in [5.41, 5.74) is 10.1. The molecule has 0 aliphatic rings. The minimum absolute atomic E-state index is 0.478. The van der Waals surface area contributed by atoms with Crippen molar-refractivity contribution >= 4 is 11.9 Å². The smallest absolute Gasteiger partial charge is 0.302 e. The summed E-state index contributed by atoms with van der Waals surface area (Å²) in [6.45, 7) is 2.75. The molecule has 0 rings (SSSR count). The van der Waals surface area contributed by atoms with Gasteiger partial charge in [0.05, 0.1) is 0 Å². The number of carbonyl (C=O) groups excluding carboxylic acids is 2. The molecule has 0 saturated carbocycles. The Labute approximate surface area is 64.7 Å². The standard InChI is InChI=1S/C6H12N2O3/c1-3(11-4(2)9)5(7)6(8)10/h3,5H,7H2,1-2H3,(H2,8,10). The van der Waals surface area contributed by atoms with Gasteiger partial charge in [-0.1, -0.05) is 0 Å². The van der Waals surface area contributed by atoms with E-state index in [2.05, 4.69) is 4.74 Å². The number of rotatable bonds is 3. The molecule has 11 heavy (non-hydrogen) atoms. The third-order valence-corrected chi connectivity index (χ3v) is 1.19. The molecular weight excluding hydrogens is 148 g/mol. The summed E-state index contributed by atoms with van der Waals surface area (Å²) < 4.78 is 4.61. The lowest BCUT2D eigenvalue weighted by Crippen LogP contribution is -2.46. The molecule has 0 aliphatic carbocycles. The normalized spacial score (nSPS) is 15.2. The van der Waals surface area contributed by atoms with Gasteiger partial charge in [-0.2, -0.15) is 0 Å². The van der Waals surface area contributed by atoms with Crippen LogP contribution in [-0.2, 0) is 14.3 Å². The van der Waals surface area contributed by atoms with E-state index in [0.29, 0.717) is 0 Å². The van der Waals surface area contributed by atoms with Gasteiger partial charge in [0.25, 0.3) is 0 Å². The van der Waals surface area contributed by atoms with Crippen LogP contribution in [-0.4, -0.2) is 24.0 Å². The number of nitrogens with two attached hydrogens (primary N) is 2. The number of esters is 1. The minimum atomic E-state index is -0.932. The maximum atomic E-state index is 10.4. The second-order valence-corrected chi connectivity index (χ2v) is 2.24. The van der Waals surface area contributed by atoms with E-state index in [4.69, 9.17) is 11.5 Å². The Morgan fingerprint density at radius 2 is 1.91 bits per heavy atom. The first-order valence-corrected chi connectivity index (χ1v) is 3.17. The Morgan fingerprint density at radius 3 is 2.18 bits per heavy atom. The molecule has 1 amide bonds. The molecule has 4 N–H and O–H groups in total. The summed E-state index contributed by atoms with van der Waals surface area (Å²) >= 11 is 0. The molecule has 0 bridgehead atoms. The number of amides is 1. The molecule has 0 radical (unpaired) electrons. The Balaban J connectivity index is 3.92. The Bertz CT molecular complexity index is 169. The van der Waals surface area contributed by atoms with Crippen LogP contribution in [0.25, 0.3) is 0 Å². The van der Waals surface area contributed by atoms with Crippen molar-refractivity contribution in [3.63, 3.8) is 0 Å². The highest BCUT2D eigenvalue weighted by Gasteiger charge is 2.20. The predicted octanol–water partition coefficient (Wildman–Crippen LogP) is -1.25. The molecule has 5 heteroatoms. The molecule has 2 atom stereocenters. The zero-order valence-electron chi connectivity index (χ0n) is 6.53. The van der Waals surface area contributed by atoms with Crippen molar-refractivity contribution in [2.24, 2.45) is 11.5 Å². The summed E-state index contributed by atoms with van der Waals surface area (Å²) in [6.07, 6.45) is -0.662. The van der Waals surface area contributed by atoms with Gasteiger partial charge in [-0.3, -0.25) is 9.59 Å². The quantitative estimate of drug-likeness (QED) is 0.504. The van der Waals surface area contributed by atoms with Gasteiger partial charge in [-0.25, -0.2) is 0 Å². The Hall–Kier alpha value is -1.10. The van der Waals surface area contributed by atoms with Crippen LogP contribution >= 0.6 is 0 Å². The average Bonchev–Trinajstić information content (AvgIpc) is 1.84. The fourth-order valence-corrected chi connectivity index (χ4v) is 0.566. The van der Waals surface area contributed by atoms with E-state index >= 15 is 0 Å². The SMILES string of the molecule is CC(=O)OC(C)C(N)C(N)=O. The van der Waals surface area contributed by atoms with E-state index < -0.39 is 24.0 Å². The number of hydrogen-bond donors (Lipinski definition) is 2. The Morgan fingerprint density at radius 1 is 1.45 bits per heavy atom. The third-order valence-electron chi connectivity index (χ3n) is 1.19. The van der Waals surface area contributed by atoms with Gasteiger partial charge < -0.3 is 16.2 Å². The largest absolute Gasteiger partial charge is 0.461 e. The number of ether oxygens (including phenoxy) is 1. The van der Waals surface area contributed by atoms with E-state index in [0.717, 1.165) is 0 Å². The van der Waals surface area contributed by atoms with Gasteiger partial charge >= 0.3 is 5.97 Å². The van der Waals surface area contributed by atoms with E-state index in [-0.39, 0.29) is 0 Å². The highest BCUT2D eigenvalue weighted by Crippen LogP contribution is 1.95. The first-order valence-electron chi connectivity index (χ1n) is 3.17. The first-order chi connectivity index (χ1) is 4.95. The summed E-state index contributed by atoms with van der Waals surface area (Å²) in [7, 11) is 0. The maximum absolute atomic E-state index is 10.4. The fourth-order valence-electron chi connectivity index (χ4n) is 0.566. The summed E-state index contributed by atoms with van der Waals surface area (Å²) in [4.78, 5) is 20.8. The third kappa shape index (κ3) is 3.57. The van der Waals surface area contributed by atoms with Gasteiger partial charge in [0.15, 0.2) is 0 Å². The van der Waals surface area contributed by atoms with E-state index in [1.807, 2.05) is 0 Å². The highest BCUT2D eigenvalue weighted by molar-refractivity contribution is 5.80. The molecule has 0 aromatic carbocycles. The molecule has 0 aromatic heterocycles.